The molecule has 5 nitrogen and oxygen atoms in total. The van der Waals surface area contributed by atoms with E-state index < -0.39 is 32.8 Å². The van der Waals surface area contributed by atoms with Crippen molar-refractivity contribution in [3.8, 4) is 27.9 Å². The normalized spacial score (nSPS) is 11.5. The van der Waals surface area contributed by atoms with Gasteiger partial charge in [-0.05, 0) is 47.5 Å². The summed E-state index contributed by atoms with van der Waals surface area (Å²) >= 11 is 0. The summed E-state index contributed by atoms with van der Waals surface area (Å²) in [6.45, 7) is 0. The molecule has 162 valence electrons. The fraction of sp³-hybridized carbons (Fsp3) is 0.0435. The highest BCUT2D eigenvalue weighted by molar-refractivity contribution is 7.90. The van der Waals surface area contributed by atoms with Gasteiger partial charge in [-0.15, -0.1) is 0 Å². The number of hydrogen-bond acceptors (Lipinski definition) is 4. The quantitative estimate of drug-likeness (QED) is 0.457. The molecule has 0 radical (unpaired) electrons. The van der Waals surface area contributed by atoms with E-state index in [4.69, 9.17) is 0 Å². The first-order chi connectivity index (χ1) is 15.1. The van der Waals surface area contributed by atoms with Crippen LogP contribution in [0.25, 0.3) is 27.9 Å². The summed E-state index contributed by atoms with van der Waals surface area (Å²) in [5.74, 6) is -2.80. The molecule has 0 aliphatic heterocycles. The van der Waals surface area contributed by atoms with E-state index in [0.717, 1.165) is 23.1 Å². The lowest BCUT2D eigenvalue weighted by Gasteiger charge is -2.13. The van der Waals surface area contributed by atoms with Gasteiger partial charge in [-0.3, -0.25) is 4.79 Å². The Morgan fingerprint density at radius 2 is 1.56 bits per heavy atom. The fourth-order valence-corrected chi connectivity index (χ4v) is 3.91. The largest absolute Gasteiger partial charge is 0.280 e. The Labute approximate surface area is 181 Å². The van der Waals surface area contributed by atoms with Gasteiger partial charge in [0, 0.05) is 17.9 Å². The van der Waals surface area contributed by atoms with Crippen LogP contribution >= 0.6 is 0 Å². The van der Waals surface area contributed by atoms with Crippen LogP contribution in [0.3, 0.4) is 0 Å². The molecule has 4 rings (SSSR count). The monoisotopic (exact) mass is 456 g/mol. The minimum Gasteiger partial charge on any atom is -0.267 e. The molecule has 9 heteroatoms. The average molecular weight is 456 g/mol. The zero-order valence-corrected chi connectivity index (χ0v) is 17.4. The second kappa shape index (κ2) is 8.08. The van der Waals surface area contributed by atoms with Gasteiger partial charge in [0.25, 0.3) is 5.56 Å². The summed E-state index contributed by atoms with van der Waals surface area (Å²) in [4.78, 5) is 13.5. The molecule has 0 aliphatic rings. The Morgan fingerprint density at radius 3 is 2.19 bits per heavy atom. The number of halogens is 3. The first-order valence-electron chi connectivity index (χ1n) is 9.29. The maximum absolute atomic E-state index is 13.9. The number of nitrogens with zero attached hydrogens (tertiary/aromatic N) is 2. The maximum Gasteiger partial charge on any atom is 0.280 e. The van der Waals surface area contributed by atoms with E-state index in [1.54, 1.807) is 0 Å². The highest BCUT2D eigenvalue weighted by Crippen LogP contribution is 2.30. The Bertz CT molecular complexity index is 1500. The molecule has 0 fully saturated rings. The molecule has 32 heavy (non-hydrogen) atoms. The Balaban J connectivity index is 1.97. The first-order valence-corrected chi connectivity index (χ1v) is 11.2. The lowest BCUT2D eigenvalue weighted by molar-refractivity contribution is 0.507. The van der Waals surface area contributed by atoms with Crippen molar-refractivity contribution < 1.29 is 21.6 Å². The van der Waals surface area contributed by atoms with Crippen molar-refractivity contribution in [3.05, 3.63) is 101 Å². The van der Waals surface area contributed by atoms with E-state index in [1.807, 2.05) is 0 Å². The maximum atomic E-state index is 13.9. The van der Waals surface area contributed by atoms with Crippen molar-refractivity contribution in [2.45, 2.75) is 4.90 Å². The molecule has 0 N–H and O–H groups in total. The minimum atomic E-state index is -3.43. The highest BCUT2D eigenvalue weighted by Gasteiger charge is 2.18. The molecule has 3 aromatic carbocycles. The summed E-state index contributed by atoms with van der Waals surface area (Å²) in [6.07, 6.45) is 2.41. The minimum absolute atomic E-state index is 0.00877. The van der Waals surface area contributed by atoms with Crippen LogP contribution in [0, 0.1) is 17.5 Å². The summed E-state index contributed by atoms with van der Waals surface area (Å²) in [5.41, 5.74) is 0.405. The molecular weight excluding hydrogens is 441 g/mol. The van der Waals surface area contributed by atoms with E-state index in [2.05, 4.69) is 5.10 Å². The van der Waals surface area contributed by atoms with Gasteiger partial charge < -0.3 is 0 Å². The lowest BCUT2D eigenvalue weighted by Crippen LogP contribution is -2.23. The SMILES string of the molecule is CS(=O)(=O)c1ccc(-c2cnn(-c3ccc(F)c(F)c3)c(=O)c2-c2cccc(F)c2)cc1. The molecule has 0 atom stereocenters. The number of sulfone groups is 1. The zero-order chi connectivity index (χ0) is 23.0. The molecule has 4 aromatic rings. The van der Waals surface area contributed by atoms with Gasteiger partial charge in [-0.2, -0.15) is 9.78 Å². The molecule has 0 spiro atoms. The van der Waals surface area contributed by atoms with Crippen LogP contribution in [0.4, 0.5) is 13.2 Å². The van der Waals surface area contributed by atoms with Gasteiger partial charge in [0.05, 0.1) is 22.3 Å². The van der Waals surface area contributed by atoms with E-state index in [0.29, 0.717) is 11.1 Å². The second-order valence-electron chi connectivity index (χ2n) is 7.06. The molecule has 1 aromatic heterocycles. The Hall–Kier alpha value is -3.72. The van der Waals surface area contributed by atoms with Crippen molar-refractivity contribution in [2.24, 2.45) is 0 Å². The smallest absolute Gasteiger partial charge is 0.267 e. The van der Waals surface area contributed by atoms with Gasteiger partial charge in [0.1, 0.15) is 5.82 Å². The van der Waals surface area contributed by atoms with Crippen molar-refractivity contribution >= 4 is 9.84 Å². The van der Waals surface area contributed by atoms with Crippen LogP contribution in [-0.2, 0) is 9.84 Å². The number of benzene rings is 3. The van der Waals surface area contributed by atoms with E-state index in [1.165, 1.54) is 60.8 Å². The summed E-state index contributed by atoms with van der Waals surface area (Å²) < 4.78 is 65.4. The fourth-order valence-electron chi connectivity index (χ4n) is 3.28. The summed E-state index contributed by atoms with van der Waals surface area (Å²) in [5, 5.41) is 4.08. The molecule has 0 saturated heterocycles. The molecule has 0 unspecified atom stereocenters. The third-order valence-corrected chi connectivity index (χ3v) is 5.96. The lowest BCUT2D eigenvalue weighted by atomic mass is 9.97. The number of aromatic nitrogens is 2. The van der Waals surface area contributed by atoms with Gasteiger partial charge in [0.2, 0.25) is 0 Å². The van der Waals surface area contributed by atoms with E-state index in [-0.39, 0.29) is 21.7 Å². The van der Waals surface area contributed by atoms with Crippen LogP contribution in [0.2, 0.25) is 0 Å². The zero-order valence-electron chi connectivity index (χ0n) is 16.6. The standard InChI is InChI=1S/C23H15F3N2O3S/c1-32(30,31)18-8-5-14(6-9-18)19-13-27-28(17-7-10-20(25)21(26)12-17)23(29)22(19)15-3-2-4-16(24)11-15/h2-13H,1H3. The van der Waals surface area contributed by atoms with E-state index in [9.17, 15) is 26.4 Å². The molecule has 0 aliphatic carbocycles. The van der Waals surface area contributed by atoms with Crippen LogP contribution < -0.4 is 5.56 Å². The third-order valence-electron chi connectivity index (χ3n) is 4.83. The van der Waals surface area contributed by atoms with Gasteiger partial charge in [-0.1, -0.05) is 24.3 Å². The molecule has 1 heterocycles. The van der Waals surface area contributed by atoms with E-state index >= 15 is 0 Å². The summed E-state index contributed by atoms with van der Waals surface area (Å²) in [6, 6.07) is 14.1. The highest BCUT2D eigenvalue weighted by atomic mass is 32.2. The average Bonchev–Trinajstić information content (AvgIpc) is 2.75. The van der Waals surface area contributed by atoms with Gasteiger partial charge >= 0.3 is 0 Å². The predicted octanol–water partition coefficient (Wildman–Crippen LogP) is 4.39. The second-order valence-corrected chi connectivity index (χ2v) is 9.07. The van der Waals surface area contributed by atoms with Crippen molar-refractivity contribution in [3.63, 3.8) is 0 Å². The van der Waals surface area contributed by atoms with Crippen LogP contribution in [0.5, 0.6) is 0 Å². The van der Waals surface area contributed by atoms with Crippen molar-refractivity contribution in [1.82, 2.24) is 9.78 Å². The Morgan fingerprint density at radius 1 is 0.844 bits per heavy atom. The van der Waals surface area contributed by atoms with Crippen LogP contribution in [0.15, 0.2) is 82.6 Å². The van der Waals surface area contributed by atoms with Crippen molar-refractivity contribution in [1.29, 1.82) is 0 Å². The summed E-state index contributed by atoms with van der Waals surface area (Å²) in [7, 11) is -3.43. The van der Waals surface area contributed by atoms with Crippen molar-refractivity contribution in [2.75, 3.05) is 6.26 Å². The van der Waals surface area contributed by atoms with Gasteiger partial charge in [0.15, 0.2) is 21.5 Å². The third kappa shape index (κ3) is 4.06. The number of rotatable bonds is 4. The molecule has 0 amide bonds. The topological polar surface area (TPSA) is 69.0 Å². The number of hydrogen-bond donors (Lipinski definition) is 0. The van der Waals surface area contributed by atoms with Crippen LogP contribution in [0.1, 0.15) is 0 Å². The molecular formula is C23H15F3N2O3S. The first kappa shape index (κ1) is 21.5. The molecule has 0 saturated carbocycles. The van der Waals surface area contributed by atoms with Crippen LogP contribution in [-0.4, -0.2) is 24.5 Å². The molecule has 0 bridgehead atoms. The Kier molecular flexibility index (Phi) is 5.43. The van der Waals surface area contributed by atoms with Gasteiger partial charge in [-0.25, -0.2) is 21.6 Å². The predicted molar refractivity (Wildman–Crippen MR) is 114 cm³/mol.